The van der Waals surface area contributed by atoms with E-state index in [2.05, 4.69) is 22.8 Å². The average Bonchev–Trinajstić information content (AvgIpc) is 2.96. The fourth-order valence-corrected chi connectivity index (χ4v) is 2.77. The molecule has 0 bridgehead atoms. The molecule has 0 aliphatic heterocycles. The van der Waals surface area contributed by atoms with Crippen LogP contribution in [0.4, 0.5) is 4.79 Å². The molecular formula is C18H20N2O2. The summed E-state index contributed by atoms with van der Waals surface area (Å²) in [5, 5.41) is 5.86. The molecule has 4 heteroatoms. The van der Waals surface area contributed by atoms with Crippen LogP contribution in [0.1, 0.15) is 23.6 Å². The van der Waals surface area contributed by atoms with Crippen LogP contribution < -0.4 is 15.4 Å². The van der Waals surface area contributed by atoms with Crippen LogP contribution in [0.3, 0.4) is 0 Å². The molecule has 1 unspecified atom stereocenters. The van der Waals surface area contributed by atoms with E-state index in [4.69, 9.17) is 4.74 Å². The summed E-state index contributed by atoms with van der Waals surface area (Å²) in [6, 6.07) is 17.8. The summed E-state index contributed by atoms with van der Waals surface area (Å²) in [7, 11) is 0. The number of benzene rings is 2. The van der Waals surface area contributed by atoms with Crippen molar-refractivity contribution in [2.75, 3.05) is 13.2 Å². The van der Waals surface area contributed by atoms with E-state index in [1.54, 1.807) is 0 Å². The quantitative estimate of drug-likeness (QED) is 0.833. The Morgan fingerprint density at radius 3 is 2.73 bits per heavy atom. The van der Waals surface area contributed by atoms with Crippen molar-refractivity contribution in [2.24, 2.45) is 0 Å². The minimum absolute atomic E-state index is 0.117. The number of carbonyl (C=O) groups is 1. The van der Waals surface area contributed by atoms with Gasteiger partial charge in [0.25, 0.3) is 0 Å². The second kappa shape index (κ2) is 6.98. The van der Waals surface area contributed by atoms with E-state index in [0.717, 1.165) is 18.6 Å². The monoisotopic (exact) mass is 296 g/mol. The maximum atomic E-state index is 11.9. The Morgan fingerprint density at radius 2 is 1.86 bits per heavy atom. The molecule has 0 aromatic heterocycles. The molecule has 1 aliphatic carbocycles. The lowest BCUT2D eigenvalue weighted by atomic mass is 10.1. The highest BCUT2D eigenvalue weighted by Gasteiger charge is 2.22. The Labute approximate surface area is 130 Å². The lowest BCUT2D eigenvalue weighted by Gasteiger charge is -2.15. The summed E-state index contributed by atoms with van der Waals surface area (Å²) < 4.78 is 5.54. The summed E-state index contributed by atoms with van der Waals surface area (Å²) >= 11 is 0. The van der Waals surface area contributed by atoms with Crippen molar-refractivity contribution >= 4 is 6.03 Å². The first-order valence-electron chi connectivity index (χ1n) is 7.63. The maximum absolute atomic E-state index is 11.9. The summed E-state index contributed by atoms with van der Waals surface area (Å²) in [6.07, 6.45) is 1.99. The maximum Gasteiger partial charge on any atom is 0.315 e. The van der Waals surface area contributed by atoms with Crippen LogP contribution >= 0.6 is 0 Å². The molecular weight excluding hydrogens is 276 g/mol. The fourth-order valence-electron chi connectivity index (χ4n) is 2.77. The Bertz CT molecular complexity index is 628. The highest BCUT2D eigenvalue weighted by Crippen LogP contribution is 2.30. The number of amides is 2. The number of ether oxygens (including phenoxy) is 1. The smallest absolute Gasteiger partial charge is 0.315 e. The minimum atomic E-state index is -0.140. The van der Waals surface area contributed by atoms with Gasteiger partial charge in [-0.25, -0.2) is 4.79 Å². The predicted molar refractivity (Wildman–Crippen MR) is 86.0 cm³/mol. The van der Waals surface area contributed by atoms with Crippen LogP contribution in [-0.2, 0) is 6.42 Å². The molecule has 2 aromatic carbocycles. The molecule has 22 heavy (non-hydrogen) atoms. The van der Waals surface area contributed by atoms with Gasteiger partial charge in [-0.1, -0.05) is 42.5 Å². The van der Waals surface area contributed by atoms with E-state index in [-0.39, 0.29) is 12.1 Å². The molecule has 2 aromatic rings. The molecule has 2 amide bonds. The first-order valence-corrected chi connectivity index (χ1v) is 7.63. The van der Waals surface area contributed by atoms with Gasteiger partial charge in [0, 0.05) is 0 Å². The predicted octanol–water partition coefficient (Wildman–Crippen LogP) is 3.05. The van der Waals surface area contributed by atoms with Gasteiger partial charge < -0.3 is 15.4 Å². The number of carbonyl (C=O) groups excluding carboxylic acids is 1. The number of rotatable bonds is 5. The molecule has 1 aliphatic rings. The zero-order chi connectivity index (χ0) is 15.2. The van der Waals surface area contributed by atoms with Crippen molar-refractivity contribution in [3.05, 3.63) is 65.7 Å². The second-order valence-corrected chi connectivity index (χ2v) is 5.35. The standard InChI is InChI=1S/C18H20N2O2/c21-18(19-12-13-22-15-7-2-1-3-8-15)20-17-11-10-14-6-4-5-9-16(14)17/h1-9,17H,10-13H2,(H2,19,20,21). The molecule has 1 atom stereocenters. The number of aryl methyl sites for hydroxylation is 1. The average molecular weight is 296 g/mol. The number of para-hydroxylation sites is 1. The zero-order valence-corrected chi connectivity index (χ0v) is 12.4. The van der Waals surface area contributed by atoms with Crippen molar-refractivity contribution in [3.8, 4) is 5.75 Å². The molecule has 0 heterocycles. The summed E-state index contributed by atoms with van der Waals surface area (Å²) in [5.41, 5.74) is 2.57. The first kappa shape index (κ1) is 14.4. The van der Waals surface area contributed by atoms with E-state index < -0.39 is 0 Å². The summed E-state index contributed by atoms with van der Waals surface area (Å²) in [6.45, 7) is 0.938. The van der Waals surface area contributed by atoms with Gasteiger partial charge in [-0.2, -0.15) is 0 Å². The molecule has 0 spiro atoms. The Balaban J connectivity index is 1.40. The van der Waals surface area contributed by atoms with Gasteiger partial charge in [-0.15, -0.1) is 0 Å². The molecule has 0 saturated carbocycles. The number of fused-ring (bicyclic) bond motifs is 1. The van der Waals surface area contributed by atoms with Crippen LogP contribution in [0.15, 0.2) is 54.6 Å². The van der Waals surface area contributed by atoms with Gasteiger partial charge >= 0.3 is 6.03 Å². The Kier molecular flexibility index (Phi) is 4.59. The first-order chi connectivity index (χ1) is 10.8. The van der Waals surface area contributed by atoms with Crippen LogP contribution in [0.25, 0.3) is 0 Å². The van der Waals surface area contributed by atoms with Crippen molar-refractivity contribution < 1.29 is 9.53 Å². The van der Waals surface area contributed by atoms with Crippen LogP contribution in [-0.4, -0.2) is 19.2 Å². The van der Waals surface area contributed by atoms with E-state index in [1.807, 2.05) is 42.5 Å². The summed E-state index contributed by atoms with van der Waals surface area (Å²) in [5.74, 6) is 0.814. The van der Waals surface area contributed by atoms with Crippen LogP contribution in [0.2, 0.25) is 0 Å². The van der Waals surface area contributed by atoms with Gasteiger partial charge in [0.1, 0.15) is 12.4 Å². The lowest BCUT2D eigenvalue weighted by molar-refractivity contribution is 0.232. The molecule has 0 fully saturated rings. The van der Waals surface area contributed by atoms with Gasteiger partial charge in [0.2, 0.25) is 0 Å². The fraction of sp³-hybridized carbons (Fsp3) is 0.278. The van der Waals surface area contributed by atoms with Gasteiger partial charge in [0.15, 0.2) is 0 Å². The van der Waals surface area contributed by atoms with Crippen molar-refractivity contribution in [1.29, 1.82) is 0 Å². The lowest BCUT2D eigenvalue weighted by Crippen LogP contribution is -2.39. The van der Waals surface area contributed by atoms with Crippen molar-refractivity contribution in [3.63, 3.8) is 0 Å². The normalized spacial score (nSPS) is 15.9. The van der Waals surface area contributed by atoms with E-state index >= 15 is 0 Å². The highest BCUT2D eigenvalue weighted by atomic mass is 16.5. The molecule has 3 rings (SSSR count). The third-order valence-electron chi connectivity index (χ3n) is 3.84. The Hall–Kier alpha value is -2.49. The zero-order valence-electron chi connectivity index (χ0n) is 12.4. The topological polar surface area (TPSA) is 50.4 Å². The third-order valence-corrected chi connectivity index (χ3v) is 3.84. The van der Waals surface area contributed by atoms with Gasteiger partial charge in [0.05, 0.1) is 12.6 Å². The van der Waals surface area contributed by atoms with Crippen molar-refractivity contribution in [1.82, 2.24) is 10.6 Å². The highest BCUT2D eigenvalue weighted by molar-refractivity contribution is 5.74. The SMILES string of the molecule is O=C(NCCOc1ccccc1)NC1CCc2ccccc21. The Morgan fingerprint density at radius 1 is 1.09 bits per heavy atom. The second-order valence-electron chi connectivity index (χ2n) is 5.35. The van der Waals surface area contributed by atoms with Crippen molar-refractivity contribution in [2.45, 2.75) is 18.9 Å². The number of hydrogen-bond donors (Lipinski definition) is 2. The molecule has 2 N–H and O–H groups in total. The van der Waals surface area contributed by atoms with Crippen LogP contribution in [0, 0.1) is 0 Å². The van der Waals surface area contributed by atoms with E-state index in [1.165, 1.54) is 11.1 Å². The van der Waals surface area contributed by atoms with Gasteiger partial charge in [-0.3, -0.25) is 0 Å². The molecule has 0 saturated heterocycles. The molecule has 0 radical (unpaired) electrons. The van der Waals surface area contributed by atoms with Crippen LogP contribution in [0.5, 0.6) is 5.75 Å². The van der Waals surface area contributed by atoms with Gasteiger partial charge in [-0.05, 0) is 36.1 Å². The largest absolute Gasteiger partial charge is 0.492 e. The number of urea groups is 1. The number of hydrogen-bond acceptors (Lipinski definition) is 2. The number of nitrogens with one attached hydrogen (secondary N) is 2. The minimum Gasteiger partial charge on any atom is -0.492 e. The van der Waals surface area contributed by atoms with E-state index in [9.17, 15) is 4.79 Å². The molecule has 4 nitrogen and oxygen atoms in total. The third kappa shape index (κ3) is 3.58. The van der Waals surface area contributed by atoms with E-state index in [0.29, 0.717) is 13.2 Å². The molecule has 114 valence electrons. The summed E-state index contributed by atoms with van der Waals surface area (Å²) in [4.78, 5) is 11.9.